The maximum atomic E-state index is 13.8. The first kappa shape index (κ1) is 23.3. The smallest absolute Gasteiger partial charge is 0.353 e. The van der Waals surface area contributed by atoms with Crippen molar-refractivity contribution in [1.82, 2.24) is 0 Å². The van der Waals surface area contributed by atoms with Crippen LogP contribution in [0.25, 0.3) is 10.1 Å². The van der Waals surface area contributed by atoms with Gasteiger partial charge in [-0.2, -0.15) is 4.28 Å². The molecule has 0 amide bonds. The van der Waals surface area contributed by atoms with Crippen molar-refractivity contribution < 1.29 is 22.2 Å². The normalized spacial score (nSPS) is 12.4. The van der Waals surface area contributed by atoms with E-state index in [9.17, 15) is 17.9 Å². The third kappa shape index (κ3) is 4.23. The average Bonchev–Trinajstić information content (AvgIpc) is 3.29. The van der Waals surface area contributed by atoms with Crippen molar-refractivity contribution in [3.05, 3.63) is 120 Å². The maximum absolute atomic E-state index is 13.8. The third-order valence-electron chi connectivity index (χ3n) is 5.35. The van der Waals surface area contributed by atoms with Crippen LogP contribution in [0.4, 0.5) is 5.69 Å². The van der Waals surface area contributed by atoms with Crippen molar-refractivity contribution >= 4 is 47.5 Å². The fourth-order valence-electron chi connectivity index (χ4n) is 3.86. The Kier molecular flexibility index (Phi) is 6.16. The fraction of sp³-hybridized carbons (Fsp3) is 0. The largest absolute Gasteiger partial charge is 0.743 e. The summed E-state index contributed by atoms with van der Waals surface area (Å²) in [6.45, 7) is 0. The summed E-state index contributed by atoms with van der Waals surface area (Å²) in [4.78, 5) is 16.3. The Morgan fingerprint density at radius 2 is 1.09 bits per heavy atom. The van der Waals surface area contributed by atoms with Crippen molar-refractivity contribution in [3.63, 3.8) is 0 Å². The SMILES string of the molecule is O=[N+](OS(c1ccccc1)(c1ccccc1)c1ccccc1)c1c(S(=O)(=O)[O-])sc2ccccc12. The van der Waals surface area contributed by atoms with Gasteiger partial charge in [0.15, 0.2) is 4.21 Å². The van der Waals surface area contributed by atoms with Crippen LogP contribution in [-0.2, 0) is 14.4 Å². The second kappa shape index (κ2) is 9.27. The van der Waals surface area contributed by atoms with Gasteiger partial charge < -0.3 is 4.55 Å². The van der Waals surface area contributed by atoms with E-state index in [0.717, 1.165) is 26.0 Å². The van der Waals surface area contributed by atoms with Crippen LogP contribution >= 0.6 is 21.6 Å². The highest BCUT2D eigenvalue weighted by atomic mass is 32.3. The topological polar surface area (TPSA) is 86.5 Å². The Bertz CT molecular complexity index is 1510. The van der Waals surface area contributed by atoms with E-state index >= 15 is 0 Å². The van der Waals surface area contributed by atoms with Crippen LogP contribution in [0.15, 0.2) is 134 Å². The number of hydrogen-bond acceptors (Lipinski definition) is 6. The van der Waals surface area contributed by atoms with E-state index in [2.05, 4.69) is 0 Å². The minimum absolute atomic E-state index is 0.214. The molecule has 0 aliphatic carbocycles. The summed E-state index contributed by atoms with van der Waals surface area (Å²) in [6, 6.07) is 34.7. The van der Waals surface area contributed by atoms with Crippen LogP contribution in [0.3, 0.4) is 0 Å². The lowest BCUT2D eigenvalue weighted by Crippen LogP contribution is -2.14. The molecule has 0 N–H and O–H groups in total. The molecule has 35 heavy (non-hydrogen) atoms. The van der Waals surface area contributed by atoms with Crippen molar-refractivity contribution in [1.29, 1.82) is 0 Å². The van der Waals surface area contributed by atoms with Gasteiger partial charge in [0.2, 0.25) is 0 Å². The van der Waals surface area contributed by atoms with Gasteiger partial charge >= 0.3 is 5.69 Å². The Morgan fingerprint density at radius 1 is 0.657 bits per heavy atom. The third-order valence-corrected chi connectivity index (χ3v) is 11.0. The van der Waals surface area contributed by atoms with Gasteiger partial charge in [-0.1, -0.05) is 66.7 Å². The number of benzene rings is 4. The number of hydrogen-bond donors (Lipinski definition) is 0. The van der Waals surface area contributed by atoms with Gasteiger partial charge in [0, 0.05) is 19.4 Å². The number of thiophene rings is 1. The highest BCUT2D eigenvalue weighted by Gasteiger charge is 2.43. The van der Waals surface area contributed by atoms with Crippen LogP contribution in [-0.4, -0.2) is 17.9 Å². The molecular weight excluding hydrogens is 502 g/mol. The van der Waals surface area contributed by atoms with Crippen LogP contribution in [0.1, 0.15) is 0 Å². The molecule has 0 unspecified atom stereocenters. The van der Waals surface area contributed by atoms with E-state index < -0.39 is 24.6 Å². The zero-order valence-corrected chi connectivity index (χ0v) is 20.6. The van der Waals surface area contributed by atoms with Crippen LogP contribution in [0, 0.1) is 4.91 Å². The second-order valence-electron chi connectivity index (χ2n) is 7.52. The lowest BCUT2D eigenvalue weighted by atomic mass is 10.2. The molecule has 1 heterocycles. The summed E-state index contributed by atoms with van der Waals surface area (Å²) in [7, 11) is -7.60. The Hall–Kier alpha value is -3.50. The van der Waals surface area contributed by atoms with Crippen molar-refractivity contribution in [2.75, 3.05) is 0 Å². The molecule has 0 aliphatic rings. The summed E-state index contributed by atoms with van der Waals surface area (Å²) in [6.07, 6.45) is 0. The summed E-state index contributed by atoms with van der Waals surface area (Å²) in [5.74, 6) is 0. The summed E-state index contributed by atoms with van der Waals surface area (Å²) < 4.78 is 42.7. The first-order valence-electron chi connectivity index (χ1n) is 10.5. The van der Waals surface area contributed by atoms with Gasteiger partial charge in [-0.05, 0) is 48.5 Å². The van der Waals surface area contributed by atoms with Crippen molar-refractivity contribution in [2.45, 2.75) is 18.9 Å². The first-order chi connectivity index (χ1) is 16.9. The molecule has 1 aromatic heterocycles. The molecule has 0 spiro atoms. The molecule has 0 atom stereocenters. The minimum Gasteiger partial charge on any atom is -0.743 e. The molecule has 9 heteroatoms. The van der Waals surface area contributed by atoms with Gasteiger partial charge in [0.1, 0.15) is 10.1 Å². The molecule has 0 bridgehead atoms. The molecule has 5 rings (SSSR count). The molecule has 0 fully saturated rings. The van der Waals surface area contributed by atoms with Gasteiger partial charge in [-0.25, -0.2) is 8.42 Å². The Morgan fingerprint density at radius 3 is 1.54 bits per heavy atom. The molecule has 176 valence electrons. The van der Waals surface area contributed by atoms with Gasteiger partial charge in [0.05, 0.1) is 20.6 Å². The number of nitrogens with zero attached hydrogens (tertiary/aromatic N) is 1. The predicted octanol–water partition coefficient (Wildman–Crippen LogP) is 7.04. The standard InChI is InChI=1S/C26H19NO5S3/c28-27(25-23-18-10-11-19-24(23)33-26(25)35(29,30)31)32-34(20-12-4-1-5-13-20,21-14-6-2-7-15-21)22-16-8-3-9-17-22/h1-19H. The zero-order valence-electron chi connectivity index (χ0n) is 18.2. The molecule has 0 aliphatic heterocycles. The maximum Gasteiger partial charge on any atom is 0.353 e. The minimum atomic E-state index is -4.93. The van der Waals surface area contributed by atoms with E-state index in [4.69, 9.17) is 4.28 Å². The quantitative estimate of drug-likeness (QED) is 0.169. The molecule has 4 aromatic carbocycles. The van der Waals surface area contributed by atoms with E-state index in [1.807, 2.05) is 91.0 Å². The number of rotatable bonds is 7. The van der Waals surface area contributed by atoms with Crippen LogP contribution in [0.2, 0.25) is 0 Å². The molecular formula is C26H19NO5S3. The van der Waals surface area contributed by atoms with Crippen LogP contribution in [0.5, 0.6) is 0 Å². The lowest BCUT2D eigenvalue weighted by molar-refractivity contribution is -0.697. The Balaban J connectivity index is 1.79. The van der Waals surface area contributed by atoms with E-state index in [1.54, 1.807) is 24.3 Å². The van der Waals surface area contributed by atoms with Gasteiger partial charge in [-0.15, -0.1) is 11.3 Å². The second-order valence-corrected chi connectivity index (χ2v) is 12.8. The highest BCUT2D eigenvalue weighted by Crippen LogP contribution is 2.69. The summed E-state index contributed by atoms with van der Waals surface area (Å²) in [5, 5.41) is 0.337. The van der Waals surface area contributed by atoms with Crippen LogP contribution < -0.4 is 0 Å². The lowest BCUT2D eigenvalue weighted by Gasteiger charge is -2.34. The Labute approximate surface area is 208 Å². The average molecular weight is 522 g/mol. The van der Waals surface area contributed by atoms with Crippen molar-refractivity contribution in [2.24, 2.45) is 0 Å². The van der Waals surface area contributed by atoms with E-state index in [-0.39, 0.29) is 10.6 Å². The molecule has 5 aromatic rings. The molecule has 0 saturated carbocycles. The highest BCUT2D eigenvalue weighted by molar-refractivity contribution is 8.29. The van der Waals surface area contributed by atoms with E-state index in [0.29, 0.717) is 10.1 Å². The first-order valence-corrected chi connectivity index (χ1v) is 14.3. The van der Waals surface area contributed by atoms with Gasteiger partial charge in [0.25, 0.3) is 4.92 Å². The monoisotopic (exact) mass is 521 g/mol. The molecule has 0 radical (unpaired) electrons. The fourth-order valence-corrected chi connectivity index (χ4v) is 8.84. The van der Waals surface area contributed by atoms with Crippen molar-refractivity contribution in [3.8, 4) is 0 Å². The molecule has 6 nitrogen and oxygen atoms in total. The summed E-state index contributed by atoms with van der Waals surface area (Å²) >= 11 is 0.760. The summed E-state index contributed by atoms with van der Waals surface area (Å²) in [5.41, 5.74) is -0.305. The predicted molar refractivity (Wildman–Crippen MR) is 136 cm³/mol. The molecule has 0 saturated heterocycles. The zero-order chi connectivity index (χ0) is 24.5. The van der Waals surface area contributed by atoms with Gasteiger partial charge in [-0.3, -0.25) is 0 Å². The number of fused-ring (bicyclic) bond motifs is 1. The van der Waals surface area contributed by atoms with E-state index in [1.165, 1.54) is 0 Å².